The van der Waals surface area contributed by atoms with Gasteiger partial charge in [-0.25, -0.2) is 0 Å². The molecule has 0 aliphatic rings. The van der Waals surface area contributed by atoms with Crippen LogP contribution in [-0.2, 0) is 0 Å². The number of hydrogen-bond acceptors (Lipinski definition) is 6. The lowest BCUT2D eigenvalue weighted by Crippen LogP contribution is -1.69. The van der Waals surface area contributed by atoms with Crippen LogP contribution in [0.3, 0.4) is 0 Å². The Balaban J connectivity index is -0.0000000262. The van der Waals surface area contributed by atoms with Crippen LogP contribution < -0.4 is 17.2 Å². The molecule has 10 heavy (non-hydrogen) atoms. The van der Waals surface area contributed by atoms with Crippen LogP contribution in [0.2, 0.25) is 0 Å². The highest BCUT2D eigenvalue weighted by atomic mass is 31.2. The van der Waals surface area contributed by atoms with Gasteiger partial charge >= 0.3 is 8.60 Å². The third kappa shape index (κ3) is 11700. The van der Waals surface area contributed by atoms with E-state index in [0.29, 0.717) is 0 Å². The Labute approximate surface area is 62.6 Å². The third-order valence-corrected chi connectivity index (χ3v) is 0. The maximum absolute atomic E-state index is 7.23. The molecular weight excluding hydrogens is 157 g/mol. The first-order valence-electron chi connectivity index (χ1n) is 2.33. The predicted octanol–water partition coefficient (Wildman–Crippen LogP) is -2.09. The van der Waals surface area contributed by atoms with Crippen molar-refractivity contribution in [2.75, 3.05) is 21.1 Å². The minimum absolute atomic E-state index is 1.50. The van der Waals surface area contributed by atoms with Crippen molar-refractivity contribution in [1.82, 2.24) is 0 Å². The fraction of sp³-hybridized carbons (Fsp3) is 1.00. The molecule has 0 spiro atoms. The molecule has 9 N–H and O–H groups in total. The predicted molar refractivity (Wildman–Crippen MR) is 43.9 cm³/mol. The van der Waals surface area contributed by atoms with Crippen LogP contribution in [0.5, 0.6) is 0 Å². The molecule has 0 bridgehead atoms. The van der Waals surface area contributed by atoms with Crippen molar-refractivity contribution in [3.05, 3.63) is 0 Å². The molecule has 68 valence electrons. The summed E-state index contributed by atoms with van der Waals surface area (Å²) in [5.41, 5.74) is 13.5. The Morgan fingerprint density at radius 1 is 0.700 bits per heavy atom. The van der Waals surface area contributed by atoms with Crippen LogP contribution in [0, 0.1) is 0 Å². The van der Waals surface area contributed by atoms with Crippen molar-refractivity contribution in [3.63, 3.8) is 0 Å². The Morgan fingerprint density at radius 3 is 0.700 bits per heavy atom. The average Bonchev–Trinajstić information content (AvgIpc) is 1.98. The highest BCUT2D eigenvalue weighted by molar-refractivity contribution is 7.38. The van der Waals surface area contributed by atoms with Crippen molar-refractivity contribution < 1.29 is 14.7 Å². The van der Waals surface area contributed by atoms with Gasteiger partial charge in [0.2, 0.25) is 0 Å². The third-order valence-electron chi connectivity index (χ3n) is 0. The lowest BCUT2D eigenvalue weighted by atomic mass is 11.6. The second-order valence-electron chi connectivity index (χ2n) is 0.268. The normalized spacial score (nSPS) is 5.40. The van der Waals surface area contributed by atoms with Gasteiger partial charge in [0.25, 0.3) is 0 Å². The first-order valence-corrected chi connectivity index (χ1v) is 3.53. The largest absolute Gasteiger partial charge is 0.333 e. The molecule has 0 heterocycles. The summed E-state index contributed by atoms with van der Waals surface area (Å²) in [7, 11) is 1.88. The van der Waals surface area contributed by atoms with Gasteiger partial charge in [-0.05, 0) is 21.1 Å². The molecule has 0 amide bonds. The topological polar surface area (TPSA) is 139 Å². The van der Waals surface area contributed by atoms with Crippen molar-refractivity contribution in [1.29, 1.82) is 0 Å². The second kappa shape index (κ2) is 60.6. The molecule has 6 nitrogen and oxygen atoms in total. The zero-order valence-corrected chi connectivity index (χ0v) is 7.42. The first kappa shape index (κ1) is 22.5. The summed E-state index contributed by atoms with van der Waals surface area (Å²) < 4.78 is 0. The molecule has 7 heteroatoms. The lowest BCUT2D eigenvalue weighted by Gasteiger charge is -1.76. The zero-order valence-electron chi connectivity index (χ0n) is 6.52. The molecule has 0 saturated heterocycles. The van der Waals surface area contributed by atoms with Crippen molar-refractivity contribution in [2.24, 2.45) is 17.2 Å². The van der Waals surface area contributed by atoms with E-state index < -0.39 is 8.60 Å². The Kier molecular flexibility index (Phi) is 136. The standard InChI is InChI=1S/3CH5N.H3O3P/c3*1-2;1-4(2)3/h3*2H2,1H3;1-3H. The van der Waals surface area contributed by atoms with E-state index in [2.05, 4.69) is 17.2 Å². The fourth-order valence-electron chi connectivity index (χ4n) is 0. The van der Waals surface area contributed by atoms with Gasteiger partial charge in [0.1, 0.15) is 0 Å². The van der Waals surface area contributed by atoms with E-state index in [1.807, 2.05) is 0 Å². The number of nitrogens with two attached hydrogens (primary N) is 3. The Morgan fingerprint density at radius 2 is 0.700 bits per heavy atom. The van der Waals surface area contributed by atoms with Crippen LogP contribution in [-0.4, -0.2) is 35.8 Å². The van der Waals surface area contributed by atoms with Gasteiger partial charge in [-0.3, -0.25) is 0 Å². The van der Waals surface area contributed by atoms with Crippen LogP contribution in [0.1, 0.15) is 0 Å². The summed E-state index contributed by atoms with van der Waals surface area (Å²) in [5.74, 6) is 0. The van der Waals surface area contributed by atoms with Gasteiger partial charge in [0.05, 0.1) is 0 Å². The van der Waals surface area contributed by atoms with E-state index in [9.17, 15) is 0 Å². The number of hydrogen-bond donors (Lipinski definition) is 6. The second-order valence-corrected chi connectivity index (χ2v) is 0.805. The quantitative estimate of drug-likeness (QED) is 0.233. The van der Waals surface area contributed by atoms with E-state index in [1.165, 1.54) is 21.1 Å². The van der Waals surface area contributed by atoms with Gasteiger partial charge in [0.15, 0.2) is 0 Å². The molecule has 0 fully saturated rings. The van der Waals surface area contributed by atoms with Gasteiger partial charge < -0.3 is 31.9 Å². The zero-order chi connectivity index (χ0) is 9.58. The molecule has 0 aromatic rings. The summed E-state index contributed by atoms with van der Waals surface area (Å²) >= 11 is 0. The summed E-state index contributed by atoms with van der Waals surface area (Å²) in [6.45, 7) is 0. The Hall–Kier alpha value is 0.190. The maximum Gasteiger partial charge on any atom is 0.324 e. The van der Waals surface area contributed by atoms with E-state index in [-0.39, 0.29) is 0 Å². The summed E-state index contributed by atoms with van der Waals surface area (Å²) in [6, 6.07) is 0. The minimum Gasteiger partial charge on any atom is -0.333 e. The minimum atomic E-state index is -2.62. The molecule has 0 radical (unpaired) electrons. The van der Waals surface area contributed by atoms with E-state index >= 15 is 0 Å². The highest BCUT2D eigenvalue weighted by Crippen LogP contribution is 2.11. The maximum atomic E-state index is 7.23. The molecule has 0 atom stereocenters. The van der Waals surface area contributed by atoms with Crippen molar-refractivity contribution in [3.8, 4) is 0 Å². The fourth-order valence-corrected chi connectivity index (χ4v) is 0. The monoisotopic (exact) mass is 175 g/mol. The van der Waals surface area contributed by atoms with Crippen LogP contribution >= 0.6 is 8.60 Å². The van der Waals surface area contributed by atoms with E-state index in [1.54, 1.807) is 0 Å². The molecule has 0 saturated carbocycles. The summed E-state index contributed by atoms with van der Waals surface area (Å²) in [6.07, 6.45) is 0. The average molecular weight is 175 g/mol. The van der Waals surface area contributed by atoms with E-state index in [4.69, 9.17) is 14.7 Å². The number of rotatable bonds is 0. The van der Waals surface area contributed by atoms with Gasteiger partial charge in [-0.15, -0.1) is 0 Å². The molecule has 0 aliphatic heterocycles. The van der Waals surface area contributed by atoms with Crippen molar-refractivity contribution >= 4 is 8.60 Å². The van der Waals surface area contributed by atoms with Crippen LogP contribution in [0.15, 0.2) is 0 Å². The molecular formula is C3H18N3O3P. The molecule has 0 rings (SSSR count). The molecule has 0 aromatic carbocycles. The Bertz CT molecular complexity index is 23.7. The smallest absolute Gasteiger partial charge is 0.324 e. The summed E-state index contributed by atoms with van der Waals surface area (Å²) in [4.78, 5) is 21.7. The summed E-state index contributed by atoms with van der Waals surface area (Å²) in [5, 5.41) is 0. The van der Waals surface area contributed by atoms with Crippen molar-refractivity contribution in [2.45, 2.75) is 0 Å². The highest BCUT2D eigenvalue weighted by Gasteiger charge is 1.76. The van der Waals surface area contributed by atoms with E-state index in [0.717, 1.165) is 0 Å². The van der Waals surface area contributed by atoms with Crippen LogP contribution in [0.4, 0.5) is 0 Å². The van der Waals surface area contributed by atoms with Gasteiger partial charge in [0, 0.05) is 0 Å². The molecule has 0 unspecified atom stereocenters. The molecule has 0 aliphatic carbocycles. The van der Waals surface area contributed by atoms with Gasteiger partial charge in [-0.2, -0.15) is 0 Å². The lowest BCUT2D eigenvalue weighted by molar-refractivity contribution is 0.368. The SMILES string of the molecule is CN.CN.CN.OP(O)O. The first-order chi connectivity index (χ1) is 4.73. The van der Waals surface area contributed by atoms with Crippen LogP contribution in [0.25, 0.3) is 0 Å². The van der Waals surface area contributed by atoms with Gasteiger partial charge in [-0.1, -0.05) is 0 Å². The molecule has 0 aromatic heterocycles.